The Kier molecular flexibility index (Phi) is 12.1. The third-order valence-electron chi connectivity index (χ3n) is 12.8. The molecule has 14 nitrogen and oxygen atoms in total. The van der Waals surface area contributed by atoms with Gasteiger partial charge in [0, 0.05) is 67.5 Å². The van der Waals surface area contributed by atoms with Crippen LogP contribution in [0.4, 0.5) is 34.1 Å². The third-order valence-corrected chi connectivity index (χ3v) is 12.8. The van der Waals surface area contributed by atoms with Gasteiger partial charge in [-0.25, -0.2) is 0 Å². The number of nitrogens with zero attached hydrogens (tertiary/aromatic N) is 10. The number of aromatic nitrogens is 8. The van der Waals surface area contributed by atoms with E-state index in [2.05, 4.69) is 118 Å². The number of benzene rings is 9. The van der Waals surface area contributed by atoms with Crippen molar-refractivity contribution in [2.24, 2.45) is 0 Å². The van der Waals surface area contributed by atoms with Crippen molar-refractivity contribution < 1.29 is 17.7 Å². The number of hydrogen-bond donors (Lipinski definition) is 0. The molecule has 0 saturated carbocycles. The van der Waals surface area contributed by atoms with E-state index in [1.165, 1.54) is 5.56 Å². The average molecular weight is 1000 g/mol. The molecule has 0 aliphatic rings. The first kappa shape index (κ1) is 46.0. The van der Waals surface area contributed by atoms with Gasteiger partial charge in [0.25, 0.3) is 0 Å². The largest absolute Gasteiger partial charge is 0.416 e. The van der Waals surface area contributed by atoms with Gasteiger partial charge in [0.15, 0.2) is 0 Å². The Bertz CT molecular complexity index is 4010. The van der Waals surface area contributed by atoms with E-state index in [0.29, 0.717) is 57.2 Å². The molecule has 0 aliphatic carbocycles. The van der Waals surface area contributed by atoms with Crippen LogP contribution in [-0.2, 0) is 0 Å². The Balaban J connectivity index is 1.01. The first-order valence-corrected chi connectivity index (χ1v) is 24.7. The zero-order valence-corrected chi connectivity index (χ0v) is 41.1. The topological polar surface area (TPSA) is 162 Å². The lowest BCUT2D eigenvalue weighted by atomic mass is 10.0. The number of rotatable bonds is 14. The SMILES string of the molecule is Cc1ccc(N(c2ccccc2)c2ccc(N(c3cc(-c4nnc(-c5ccccc5)o4)cc(-c4nnc(-c5ccccc5)o4)c3)c3ccc(-c4nnc(-c5ccccc5)o4)c(-c4nnc(-c5ccccc5)o4)c3)cc2)cc1. The van der Waals surface area contributed by atoms with Crippen molar-refractivity contribution in [1.29, 1.82) is 0 Å². The van der Waals surface area contributed by atoms with E-state index < -0.39 is 0 Å². The minimum Gasteiger partial charge on any atom is -0.416 e. The lowest BCUT2D eigenvalue weighted by Gasteiger charge is -2.29. The summed E-state index contributed by atoms with van der Waals surface area (Å²) in [5, 5.41) is 36.3. The molecule has 368 valence electrons. The molecule has 0 amide bonds. The van der Waals surface area contributed by atoms with Crippen LogP contribution >= 0.6 is 0 Å². The Hall–Kier alpha value is -10.9. The van der Waals surface area contributed by atoms with Crippen LogP contribution < -0.4 is 9.80 Å². The normalized spacial score (nSPS) is 11.2. The summed E-state index contributed by atoms with van der Waals surface area (Å²) >= 11 is 0. The van der Waals surface area contributed by atoms with Gasteiger partial charge in [-0.05, 0) is 140 Å². The van der Waals surface area contributed by atoms with Gasteiger partial charge in [-0.2, -0.15) is 0 Å². The Morgan fingerprint density at radius 2 is 0.532 bits per heavy atom. The summed E-state index contributed by atoms with van der Waals surface area (Å²) in [4.78, 5) is 4.34. The van der Waals surface area contributed by atoms with Crippen molar-refractivity contribution in [2.75, 3.05) is 9.80 Å². The van der Waals surface area contributed by atoms with Gasteiger partial charge in [0.05, 0.1) is 11.1 Å². The molecule has 9 aromatic carbocycles. The molecule has 4 aromatic heterocycles. The van der Waals surface area contributed by atoms with Gasteiger partial charge >= 0.3 is 0 Å². The first-order chi connectivity index (χ1) is 38.0. The highest BCUT2D eigenvalue weighted by molar-refractivity contribution is 5.88. The second-order valence-corrected chi connectivity index (χ2v) is 18.0. The van der Waals surface area contributed by atoms with Crippen LogP contribution in [0.1, 0.15) is 5.56 Å². The highest BCUT2D eigenvalue weighted by Crippen LogP contribution is 2.45. The van der Waals surface area contributed by atoms with E-state index in [9.17, 15) is 0 Å². The van der Waals surface area contributed by atoms with Crippen molar-refractivity contribution in [3.8, 4) is 91.6 Å². The van der Waals surface area contributed by atoms with E-state index >= 15 is 0 Å². The summed E-state index contributed by atoms with van der Waals surface area (Å²) in [5.41, 5.74) is 11.7. The van der Waals surface area contributed by atoms with Crippen LogP contribution in [0.5, 0.6) is 0 Å². The molecule has 0 bridgehead atoms. The first-order valence-electron chi connectivity index (χ1n) is 24.7. The van der Waals surface area contributed by atoms with Gasteiger partial charge in [-0.3, -0.25) is 0 Å². The Morgan fingerprint density at radius 1 is 0.234 bits per heavy atom. The van der Waals surface area contributed by atoms with Crippen LogP contribution in [0, 0.1) is 6.92 Å². The minimum atomic E-state index is 0.236. The van der Waals surface area contributed by atoms with E-state index in [1.54, 1.807) is 0 Å². The van der Waals surface area contributed by atoms with E-state index in [-0.39, 0.29) is 23.6 Å². The highest BCUT2D eigenvalue weighted by atomic mass is 16.4. The monoisotopic (exact) mass is 1000 g/mol. The van der Waals surface area contributed by atoms with E-state index in [4.69, 9.17) is 17.7 Å². The molecule has 13 aromatic rings. The van der Waals surface area contributed by atoms with Gasteiger partial charge in [-0.15, -0.1) is 40.8 Å². The molecule has 0 atom stereocenters. The summed E-state index contributed by atoms with van der Waals surface area (Å²) in [7, 11) is 0. The van der Waals surface area contributed by atoms with Crippen LogP contribution in [0.2, 0.25) is 0 Å². The quantitative estimate of drug-likeness (QED) is 0.101. The van der Waals surface area contributed by atoms with E-state index in [0.717, 1.165) is 45.0 Å². The molecule has 4 heterocycles. The fourth-order valence-electron chi connectivity index (χ4n) is 9.07. The maximum atomic E-state index is 6.53. The predicted molar refractivity (Wildman–Crippen MR) is 295 cm³/mol. The third kappa shape index (κ3) is 9.41. The second-order valence-electron chi connectivity index (χ2n) is 18.0. The number of hydrogen-bond acceptors (Lipinski definition) is 14. The molecule has 0 spiro atoms. The summed E-state index contributed by atoms with van der Waals surface area (Å²) in [6.07, 6.45) is 0. The fraction of sp³-hybridized carbons (Fsp3) is 0.0159. The Morgan fingerprint density at radius 3 is 0.948 bits per heavy atom. The van der Waals surface area contributed by atoms with Gasteiger partial charge in [-0.1, -0.05) is 109 Å². The van der Waals surface area contributed by atoms with Gasteiger partial charge < -0.3 is 27.5 Å². The van der Waals surface area contributed by atoms with Crippen LogP contribution in [0.25, 0.3) is 91.6 Å². The highest BCUT2D eigenvalue weighted by Gasteiger charge is 2.26. The van der Waals surface area contributed by atoms with Crippen molar-refractivity contribution in [3.05, 3.63) is 242 Å². The number of aryl methyl sites for hydroxylation is 1. The zero-order chi connectivity index (χ0) is 51.5. The summed E-state index contributed by atoms with van der Waals surface area (Å²) in [6, 6.07) is 77.6. The van der Waals surface area contributed by atoms with Crippen molar-refractivity contribution in [1.82, 2.24) is 40.8 Å². The number of para-hydroxylation sites is 1. The van der Waals surface area contributed by atoms with Crippen LogP contribution in [0.3, 0.4) is 0 Å². The average Bonchev–Trinajstić information content (AvgIpc) is 4.37. The van der Waals surface area contributed by atoms with Crippen molar-refractivity contribution in [3.63, 3.8) is 0 Å². The molecule has 0 unspecified atom stereocenters. The second kappa shape index (κ2) is 20.2. The van der Waals surface area contributed by atoms with Crippen LogP contribution in [-0.4, -0.2) is 40.8 Å². The van der Waals surface area contributed by atoms with E-state index in [1.807, 2.05) is 176 Å². The zero-order valence-electron chi connectivity index (χ0n) is 41.1. The smallest absolute Gasteiger partial charge is 0.249 e. The number of anilines is 6. The molecule has 0 radical (unpaired) electrons. The predicted octanol–water partition coefficient (Wildman–Crippen LogP) is 15.8. The lowest BCUT2D eigenvalue weighted by Crippen LogP contribution is -2.12. The molecule has 14 heteroatoms. The summed E-state index contributed by atoms with van der Waals surface area (Å²) in [5.74, 6) is 2.50. The van der Waals surface area contributed by atoms with Crippen LogP contribution in [0.15, 0.2) is 254 Å². The maximum absolute atomic E-state index is 6.53. The molecular formula is C63H42N10O4. The van der Waals surface area contributed by atoms with Gasteiger partial charge in [0.2, 0.25) is 47.1 Å². The van der Waals surface area contributed by atoms with Crippen molar-refractivity contribution in [2.45, 2.75) is 6.92 Å². The van der Waals surface area contributed by atoms with Crippen molar-refractivity contribution >= 4 is 34.1 Å². The maximum Gasteiger partial charge on any atom is 0.249 e. The molecule has 0 N–H and O–H groups in total. The molecule has 13 rings (SSSR count). The fourth-order valence-corrected chi connectivity index (χ4v) is 9.07. The van der Waals surface area contributed by atoms with Gasteiger partial charge in [0.1, 0.15) is 0 Å². The molecule has 0 saturated heterocycles. The molecule has 0 aliphatic heterocycles. The summed E-state index contributed by atoms with van der Waals surface area (Å²) in [6.45, 7) is 2.09. The summed E-state index contributed by atoms with van der Waals surface area (Å²) < 4.78 is 25.8. The molecule has 0 fully saturated rings. The molecule has 77 heavy (non-hydrogen) atoms. The standard InChI is InChI=1S/C63H42N10O4/c1-41-27-29-49(30-28-41)72(48-25-15-6-16-26-48)50-31-33-51(34-32-50)73(52-35-36-54(62-70-66-58(76-62)44-21-11-4-12-22-44)55(40-52)63-71-67-59(77-63)45-23-13-5-14-24-45)53-38-46(60-68-64-56(74-60)42-17-7-2-8-18-42)37-47(39-53)61-69-65-57(75-61)43-19-9-3-10-20-43/h2-40H,1H3. The lowest BCUT2D eigenvalue weighted by molar-refractivity contribution is 0.577. The Labute approximate surface area is 441 Å². The molecular weight excluding hydrogens is 961 g/mol. The minimum absolute atomic E-state index is 0.236.